The van der Waals surface area contributed by atoms with Gasteiger partial charge in [0.05, 0.1) is 11.8 Å². The third kappa shape index (κ3) is 1.62. The van der Waals surface area contributed by atoms with Gasteiger partial charge in [0.1, 0.15) is 0 Å². The van der Waals surface area contributed by atoms with Crippen molar-refractivity contribution in [2.24, 2.45) is 23.0 Å². The predicted octanol–water partition coefficient (Wildman–Crippen LogP) is 0.676. The summed E-state index contributed by atoms with van der Waals surface area (Å²) in [5, 5.41) is 0. The highest BCUT2D eigenvalue weighted by Crippen LogP contribution is 2.47. The SMILES string of the molecule is NCC1(CN2C(=O)[C@H]3CC=CC[C@H]3C2=O)CC1. The van der Waals surface area contributed by atoms with Gasteiger partial charge in [0.15, 0.2) is 0 Å². The van der Waals surface area contributed by atoms with Crippen LogP contribution in [0.4, 0.5) is 0 Å². The predicted molar refractivity (Wildman–Crippen MR) is 62.8 cm³/mol. The highest BCUT2D eigenvalue weighted by Gasteiger charge is 2.52. The number of carbonyl (C=O) groups is 2. The molecule has 1 saturated heterocycles. The summed E-state index contributed by atoms with van der Waals surface area (Å²) in [6.07, 6.45) is 7.59. The molecule has 2 atom stereocenters. The summed E-state index contributed by atoms with van der Waals surface area (Å²) in [5.74, 6) is -0.129. The number of carbonyl (C=O) groups excluding carboxylic acids is 2. The van der Waals surface area contributed by atoms with E-state index in [4.69, 9.17) is 5.73 Å². The number of likely N-dealkylation sites (tertiary alicyclic amines) is 1. The van der Waals surface area contributed by atoms with E-state index >= 15 is 0 Å². The number of nitrogens with zero attached hydrogens (tertiary/aromatic N) is 1. The van der Waals surface area contributed by atoms with E-state index in [0.29, 0.717) is 13.1 Å². The van der Waals surface area contributed by atoms with Crippen LogP contribution in [0.2, 0.25) is 0 Å². The molecule has 2 aliphatic carbocycles. The first-order valence-corrected chi connectivity index (χ1v) is 6.37. The lowest BCUT2D eigenvalue weighted by molar-refractivity contribution is -0.140. The van der Waals surface area contributed by atoms with Crippen molar-refractivity contribution in [3.05, 3.63) is 12.2 Å². The molecule has 17 heavy (non-hydrogen) atoms. The van der Waals surface area contributed by atoms with Gasteiger partial charge in [-0.15, -0.1) is 0 Å². The lowest BCUT2D eigenvalue weighted by Gasteiger charge is -2.21. The van der Waals surface area contributed by atoms with Gasteiger partial charge in [-0.25, -0.2) is 0 Å². The Balaban J connectivity index is 1.78. The Hall–Kier alpha value is -1.16. The van der Waals surface area contributed by atoms with Crippen molar-refractivity contribution in [2.75, 3.05) is 13.1 Å². The fourth-order valence-corrected chi connectivity index (χ4v) is 2.96. The van der Waals surface area contributed by atoms with Gasteiger partial charge in [-0.05, 0) is 32.2 Å². The van der Waals surface area contributed by atoms with Crippen LogP contribution in [0.3, 0.4) is 0 Å². The van der Waals surface area contributed by atoms with Crippen molar-refractivity contribution in [1.82, 2.24) is 4.90 Å². The Kier molecular flexibility index (Phi) is 2.36. The maximum Gasteiger partial charge on any atom is 0.233 e. The van der Waals surface area contributed by atoms with Crippen LogP contribution in [0.1, 0.15) is 25.7 Å². The highest BCUT2D eigenvalue weighted by atomic mass is 16.2. The molecule has 2 fully saturated rings. The topological polar surface area (TPSA) is 63.4 Å². The van der Waals surface area contributed by atoms with E-state index in [-0.39, 0.29) is 29.1 Å². The largest absolute Gasteiger partial charge is 0.330 e. The molecule has 0 radical (unpaired) electrons. The van der Waals surface area contributed by atoms with E-state index in [0.717, 1.165) is 25.7 Å². The zero-order valence-corrected chi connectivity index (χ0v) is 9.89. The Labute approximate surface area is 101 Å². The third-order valence-electron chi connectivity index (χ3n) is 4.48. The van der Waals surface area contributed by atoms with Crippen molar-refractivity contribution in [1.29, 1.82) is 0 Å². The molecule has 1 heterocycles. The quantitative estimate of drug-likeness (QED) is 0.577. The first-order valence-electron chi connectivity index (χ1n) is 6.37. The molecule has 2 N–H and O–H groups in total. The molecule has 4 heteroatoms. The van der Waals surface area contributed by atoms with Gasteiger partial charge in [0, 0.05) is 12.0 Å². The van der Waals surface area contributed by atoms with Crippen LogP contribution in [-0.2, 0) is 9.59 Å². The van der Waals surface area contributed by atoms with E-state index in [2.05, 4.69) is 0 Å². The third-order valence-corrected chi connectivity index (χ3v) is 4.48. The molecule has 1 saturated carbocycles. The number of hydrogen-bond acceptors (Lipinski definition) is 3. The Morgan fingerprint density at radius 2 is 1.71 bits per heavy atom. The van der Waals surface area contributed by atoms with Crippen molar-refractivity contribution >= 4 is 11.8 Å². The summed E-state index contributed by atoms with van der Waals surface area (Å²) in [4.78, 5) is 25.9. The normalized spacial score (nSPS) is 34.1. The Bertz CT molecular complexity index is 372. The average Bonchev–Trinajstić information content (AvgIpc) is 3.10. The molecule has 2 amide bonds. The van der Waals surface area contributed by atoms with Gasteiger partial charge in [-0.1, -0.05) is 12.2 Å². The lowest BCUT2D eigenvalue weighted by atomic mass is 9.85. The van der Waals surface area contributed by atoms with Crippen LogP contribution in [0.15, 0.2) is 12.2 Å². The molecule has 4 nitrogen and oxygen atoms in total. The molecule has 3 rings (SSSR count). The molecule has 3 aliphatic rings. The van der Waals surface area contributed by atoms with E-state index in [1.807, 2.05) is 12.2 Å². The monoisotopic (exact) mass is 234 g/mol. The zero-order chi connectivity index (χ0) is 12.0. The van der Waals surface area contributed by atoms with Crippen LogP contribution < -0.4 is 5.73 Å². The van der Waals surface area contributed by atoms with E-state index in [1.54, 1.807) is 0 Å². The highest BCUT2D eigenvalue weighted by molar-refractivity contribution is 6.05. The molecule has 92 valence electrons. The molecular weight excluding hydrogens is 216 g/mol. The summed E-state index contributed by atoms with van der Waals surface area (Å²) in [7, 11) is 0. The van der Waals surface area contributed by atoms with Gasteiger partial charge in [0.25, 0.3) is 0 Å². The van der Waals surface area contributed by atoms with Crippen LogP contribution in [0.25, 0.3) is 0 Å². The minimum atomic E-state index is -0.0962. The van der Waals surface area contributed by atoms with Gasteiger partial charge in [0.2, 0.25) is 11.8 Å². The van der Waals surface area contributed by atoms with E-state index < -0.39 is 0 Å². The van der Waals surface area contributed by atoms with Crippen molar-refractivity contribution in [3.63, 3.8) is 0 Å². The van der Waals surface area contributed by atoms with Crippen LogP contribution in [0.5, 0.6) is 0 Å². The standard InChI is InChI=1S/C13H18N2O2/c14-7-13(5-6-13)8-15-11(16)9-3-1-2-4-10(9)12(15)17/h1-2,9-10H,3-8,14H2/t9-,10+. The van der Waals surface area contributed by atoms with Gasteiger partial charge >= 0.3 is 0 Å². The fraction of sp³-hybridized carbons (Fsp3) is 0.692. The van der Waals surface area contributed by atoms with Gasteiger partial charge in [-0.2, -0.15) is 0 Å². The van der Waals surface area contributed by atoms with Crippen LogP contribution in [0, 0.1) is 17.3 Å². The van der Waals surface area contributed by atoms with Crippen LogP contribution in [-0.4, -0.2) is 29.8 Å². The number of amides is 2. The van der Waals surface area contributed by atoms with Crippen LogP contribution >= 0.6 is 0 Å². The van der Waals surface area contributed by atoms with Gasteiger partial charge in [-0.3, -0.25) is 14.5 Å². The molecular formula is C13H18N2O2. The fourth-order valence-electron chi connectivity index (χ4n) is 2.96. The molecule has 0 aromatic heterocycles. The molecule has 1 aliphatic heterocycles. The van der Waals surface area contributed by atoms with E-state index in [9.17, 15) is 9.59 Å². The number of rotatable bonds is 3. The first kappa shape index (κ1) is 11.0. The van der Waals surface area contributed by atoms with Crippen molar-refractivity contribution in [2.45, 2.75) is 25.7 Å². The maximum atomic E-state index is 12.2. The van der Waals surface area contributed by atoms with Gasteiger partial charge < -0.3 is 5.73 Å². The number of allylic oxidation sites excluding steroid dienone is 2. The number of fused-ring (bicyclic) bond motifs is 1. The minimum Gasteiger partial charge on any atom is -0.330 e. The molecule has 0 unspecified atom stereocenters. The molecule has 0 spiro atoms. The molecule has 0 bridgehead atoms. The molecule has 0 aromatic rings. The first-order chi connectivity index (χ1) is 8.17. The number of imide groups is 1. The zero-order valence-electron chi connectivity index (χ0n) is 9.89. The summed E-state index contributed by atoms with van der Waals surface area (Å²) in [6.45, 7) is 1.13. The number of hydrogen-bond donors (Lipinski definition) is 1. The van der Waals surface area contributed by atoms with Crippen molar-refractivity contribution in [3.8, 4) is 0 Å². The Morgan fingerprint density at radius 3 is 2.12 bits per heavy atom. The summed E-state index contributed by atoms with van der Waals surface area (Å²) >= 11 is 0. The summed E-state index contributed by atoms with van der Waals surface area (Å²) < 4.78 is 0. The van der Waals surface area contributed by atoms with Crippen molar-refractivity contribution < 1.29 is 9.59 Å². The minimum absolute atomic E-state index is 0.0316. The summed E-state index contributed by atoms with van der Waals surface area (Å²) in [6, 6.07) is 0. The maximum absolute atomic E-state index is 12.2. The Morgan fingerprint density at radius 1 is 1.18 bits per heavy atom. The molecule has 0 aromatic carbocycles. The lowest BCUT2D eigenvalue weighted by Crippen LogP contribution is -2.38. The second kappa shape index (κ2) is 3.67. The summed E-state index contributed by atoms with van der Waals surface area (Å²) in [5.41, 5.74) is 5.77. The smallest absolute Gasteiger partial charge is 0.233 e. The second-order valence-corrected chi connectivity index (χ2v) is 5.62. The second-order valence-electron chi connectivity index (χ2n) is 5.62. The average molecular weight is 234 g/mol. The number of nitrogens with two attached hydrogens (primary N) is 1. The van der Waals surface area contributed by atoms with E-state index in [1.165, 1.54) is 4.90 Å².